The van der Waals surface area contributed by atoms with E-state index in [2.05, 4.69) is 6.58 Å². The molecule has 1 aliphatic carbocycles. The average molecular weight is 171 g/mol. The predicted molar refractivity (Wildman–Crippen MR) is 52.9 cm³/mol. The lowest BCUT2D eigenvalue weighted by Crippen LogP contribution is -2.20. The number of hydrogen-bond donors (Lipinski definition) is 1. The average Bonchev–Trinajstić information content (AvgIpc) is 2.52. The Kier molecular flexibility index (Phi) is 4.02. The van der Waals surface area contributed by atoms with E-state index in [1.165, 1.54) is 25.7 Å². The molecule has 2 N–H and O–H groups in total. The summed E-state index contributed by atoms with van der Waals surface area (Å²) in [5.74, 6) is 1.05. The molecule has 0 aromatic carbocycles. The maximum atomic E-state index is 5.71. The summed E-state index contributed by atoms with van der Waals surface area (Å²) in [7, 11) is 0. The molecule has 1 atom stereocenters. The summed E-state index contributed by atoms with van der Waals surface area (Å²) >= 11 is 2.02. The van der Waals surface area contributed by atoms with Crippen molar-refractivity contribution in [3.8, 4) is 0 Å². The Labute approximate surface area is 73.4 Å². The maximum Gasteiger partial charge on any atom is 0.0313 e. The summed E-state index contributed by atoms with van der Waals surface area (Å²) in [6.07, 6.45) is 7.47. The van der Waals surface area contributed by atoms with E-state index < -0.39 is 0 Å². The van der Waals surface area contributed by atoms with E-state index in [9.17, 15) is 0 Å². The highest BCUT2D eigenvalue weighted by atomic mass is 32.2. The molecule has 1 rings (SSSR count). The monoisotopic (exact) mass is 171 g/mol. The van der Waals surface area contributed by atoms with Gasteiger partial charge in [-0.25, -0.2) is 0 Å². The minimum absolute atomic E-state index is 0.195. The van der Waals surface area contributed by atoms with Crippen molar-refractivity contribution in [2.45, 2.75) is 37.0 Å². The highest BCUT2D eigenvalue weighted by Crippen LogP contribution is 2.29. The molecule has 1 fully saturated rings. The van der Waals surface area contributed by atoms with Crippen LogP contribution >= 0.6 is 11.8 Å². The van der Waals surface area contributed by atoms with Crippen LogP contribution in [0.5, 0.6) is 0 Å². The van der Waals surface area contributed by atoms with E-state index >= 15 is 0 Å². The molecule has 1 nitrogen and oxygen atoms in total. The Morgan fingerprint density at radius 1 is 1.55 bits per heavy atom. The van der Waals surface area contributed by atoms with E-state index in [1.54, 1.807) is 0 Å². The van der Waals surface area contributed by atoms with E-state index in [4.69, 9.17) is 5.73 Å². The molecule has 11 heavy (non-hydrogen) atoms. The van der Waals surface area contributed by atoms with Crippen LogP contribution < -0.4 is 5.73 Å². The molecular formula is C9H17NS. The van der Waals surface area contributed by atoms with Crippen LogP contribution in [-0.4, -0.2) is 17.0 Å². The van der Waals surface area contributed by atoms with Gasteiger partial charge in [-0.2, -0.15) is 11.8 Å². The minimum atomic E-state index is 0.195. The first-order valence-electron chi connectivity index (χ1n) is 4.32. The molecule has 0 heterocycles. The van der Waals surface area contributed by atoms with Gasteiger partial charge in [0.05, 0.1) is 0 Å². The standard InChI is InChI=1S/C9H17NS/c1-2-8(10)7-11-9-5-3-4-6-9/h2,8-9H,1,3-7,10H2. The van der Waals surface area contributed by atoms with Crippen LogP contribution in [0.25, 0.3) is 0 Å². The number of thioether (sulfide) groups is 1. The van der Waals surface area contributed by atoms with Crippen LogP contribution in [0, 0.1) is 0 Å². The molecule has 0 amide bonds. The summed E-state index contributed by atoms with van der Waals surface area (Å²) in [4.78, 5) is 0. The lowest BCUT2D eigenvalue weighted by atomic mass is 10.4. The molecule has 0 saturated heterocycles. The predicted octanol–water partition coefficient (Wildman–Crippen LogP) is 2.18. The normalized spacial score (nSPS) is 21.9. The molecule has 0 spiro atoms. The van der Waals surface area contributed by atoms with E-state index in [0.717, 1.165) is 11.0 Å². The van der Waals surface area contributed by atoms with Gasteiger partial charge in [-0.1, -0.05) is 18.9 Å². The van der Waals surface area contributed by atoms with Crippen molar-refractivity contribution in [2.24, 2.45) is 5.73 Å². The topological polar surface area (TPSA) is 26.0 Å². The third-order valence-corrected chi connectivity index (χ3v) is 3.65. The summed E-state index contributed by atoms with van der Waals surface area (Å²) in [6, 6.07) is 0.195. The van der Waals surface area contributed by atoms with Gasteiger partial charge in [0.1, 0.15) is 0 Å². The molecule has 0 bridgehead atoms. The van der Waals surface area contributed by atoms with Gasteiger partial charge < -0.3 is 5.73 Å². The van der Waals surface area contributed by atoms with E-state index in [-0.39, 0.29) is 6.04 Å². The summed E-state index contributed by atoms with van der Waals surface area (Å²) in [5, 5.41) is 0.890. The van der Waals surface area contributed by atoms with Crippen molar-refractivity contribution in [1.82, 2.24) is 0 Å². The van der Waals surface area contributed by atoms with Crippen LogP contribution in [0.1, 0.15) is 25.7 Å². The third-order valence-electron chi connectivity index (χ3n) is 2.13. The highest BCUT2D eigenvalue weighted by molar-refractivity contribution is 7.99. The molecule has 0 aromatic rings. The smallest absolute Gasteiger partial charge is 0.0313 e. The quantitative estimate of drug-likeness (QED) is 0.656. The van der Waals surface area contributed by atoms with Gasteiger partial charge in [0.2, 0.25) is 0 Å². The first-order chi connectivity index (χ1) is 5.33. The molecule has 1 saturated carbocycles. The van der Waals surface area contributed by atoms with Crippen molar-refractivity contribution < 1.29 is 0 Å². The summed E-state index contributed by atoms with van der Waals surface area (Å²) in [5.41, 5.74) is 5.71. The Balaban J connectivity index is 2.06. The largest absolute Gasteiger partial charge is 0.324 e. The van der Waals surface area contributed by atoms with Crippen molar-refractivity contribution in [1.29, 1.82) is 0 Å². The van der Waals surface area contributed by atoms with Gasteiger partial charge in [-0.15, -0.1) is 6.58 Å². The van der Waals surface area contributed by atoms with Crippen LogP contribution in [-0.2, 0) is 0 Å². The summed E-state index contributed by atoms with van der Waals surface area (Å²) in [6.45, 7) is 3.67. The molecule has 1 aliphatic rings. The van der Waals surface area contributed by atoms with Crippen molar-refractivity contribution in [2.75, 3.05) is 5.75 Å². The van der Waals surface area contributed by atoms with Gasteiger partial charge >= 0.3 is 0 Å². The fraction of sp³-hybridized carbons (Fsp3) is 0.778. The first-order valence-corrected chi connectivity index (χ1v) is 5.37. The fourth-order valence-electron chi connectivity index (χ4n) is 1.37. The van der Waals surface area contributed by atoms with Crippen molar-refractivity contribution in [3.05, 3.63) is 12.7 Å². The number of hydrogen-bond acceptors (Lipinski definition) is 2. The number of nitrogens with two attached hydrogens (primary N) is 1. The molecule has 0 radical (unpaired) electrons. The summed E-state index contributed by atoms with van der Waals surface area (Å²) < 4.78 is 0. The van der Waals surface area contributed by atoms with Crippen molar-refractivity contribution in [3.63, 3.8) is 0 Å². The Morgan fingerprint density at radius 3 is 2.73 bits per heavy atom. The Bertz CT molecular complexity index is 119. The second-order valence-electron chi connectivity index (χ2n) is 3.14. The zero-order valence-corrected chi connectivity index (χ0v) is 7.78. The fourth-order valence-corrected chi connectivity index (χ4v) is 2.67. The van der Waals surface area contributed by atoms with Gasteiger partial charge in [0.15, 0.2) is 0 Å². The molecule has 0 aliphatic heterocycles. The lowest BCUT2D eigenvalue weighted by molar-refractivity contribution is 0.886. The Morgan fingerprint density at radius 2 is 2.18 bits per heavy atom. The van der Waals surface area contributed by atoms with Gasteiger partial charge in [-0.05, 0) is 12.8 Å². The Hall–Kier alpha value is 0.0500. The molecule has 64 valence electrons. The maximum absolute atomic E-state index is 5.71. The first kappa shape index (κ1) is 9.14. The van der Waals surface area contributed by atoms with Crippen LogP contribution in [0.3, 0.4) is 0 Å². The van der Waals surface area contributed by atoms with Gasteiger partial charge in [0.25, 0.3) is 0 Å². The lowest BCUT2D eigenvalue weighted by Gasteiger charge is -2.10. The molecular weight excluding hydrogens is 154 g/mol. The minimum Gasteiger partial charge on any atom is -0.324 e. The van der Waals surface area contributed by atoms with E-state index in [0.29, 0.717) is 0 Å². The molecule has 0 aromatic heterocycles. The zero-order valence-electron chi connectivity index (χ0n) is 6.96. The van der Waals surface area contributed by atoms with Crippen LogP contribution in [0.2, 0.25) is 0 Å². The third kappa shape index (κ3) is 3.30. The molecule has 1 unspecified atom stereocenters. The highest BCUT2D eigenvalue weighted by Gasteiger charge is 2.15. The zero-order chi connectivity index (χ0) is 8.10. The molecule has 2 heteroatoms. The van der Waals surface area contributed by atoms with Gasteiger partial charge in [0, 0.05) is 17.0 Å². The number of rotatable bonds is 4. The van der Waals surface area contributed by atoms with E-state index in [1.807, 2.05) is 17.8 Å². The van der Waals surface area contributed by atoms with Crippen molar-refractivity contribution >= 4 is 11.8 Å². The SMILES string of the molecule is C=CC(N)CSC1CCCC1. The van der Waals surface area contributed by atoms with Crippen LogP contribution in [0.4, 0.5) is 0 Å². The second kappa shape index (κ2) is 4.83. The second-order valence-corrected chi connectivity index (χ2v) is 4.47. The van der Waals surface area contributed by atoms with Crippen LogP contribution in [0.15, 0.2) is 12.7 Å². The van der Waals surface area contributed by atoms with Gasteiger partial charge in [-0.3, -0.25) is 0 Å².